The van der Waals surface area contributed by atoms with E-state index in [-0.39, 0.29) is 41.1 Å². The summed E-state index contributed by atoms with van der Waals surface area (Å²) in [5, 5.41) is 0. The molecule has 0 heterocycles. The molecule has 0 spiro atoms. The van der Waals surface area contributed by atoms with Gasteiger partial charge in [-0.15, -0.1) is 0 Å². The maximum atomic E-state index is 2.56. The molecule has 3 unspecified atom stereocenters. The van der Waals surface area contributed by atoms with E-state index >= 15 is 0 Å². The Balaban J connectivity index is 0.00000120. The Morgan fingerprint density at radius 2 is 1.45 bits per heavy atom. The minimum atomic E-state index is 0. The first kappa shape index (κ1) is 20.4. The van der Waals surface area contributed by atoms with Crippen LogP contribution in [-0.2, 0) is 26.2 Å². The molecule has 20 heavy (non-hydrogen) atoms. The van der Waals surface area contributed by atoms with Gasteiger partial charge in [-0.25, -0.2) is 0 Å². The van der Waals surface area contributed by atoms with E-state index in [0.717, 1.165) is 23.7 Å². The van der Waals surface area contributed by atoms with Crippen LogP contribution in [0.5, 0.6) is 0 Å². The van der Waals surface area contributed by atoms with Crippen molar-refractivity contribution in [2.75, 3.05) is 0 Å². The van der Waals surface area contributed by atoms with Gasteiger partial charge in [0.15, 0.2) is 0 Å². The molecule has 0 amide bonds. The van der Waals surface area contributed by atoms with Crippen molar-refractivity contribution in [3.8, 4) is 0 Å². The Hall–Kier alpha value is 0.363. The van der Waals surface area contributed by atoms with E-state index in [4.69, 9.17) is 0 Å². The monoisotopic (exact) mass is 350 g/mol. The zero-order chi connectivity index (χ0) is 11.9. The number of hydrogen-bond donors (Lipinski definition) is 0. The average molecular weight is 352 g/mol. The van der Waals surface area contributed by atoms with Crippen LogP contribution in [0, 0.1) is 43.9 Å². The molecule has 0 aromatic heterocycles. The Morgan fingerprint density at radius 3 is 2.10 bits per heavy atom. The standard InChI is InChI=1S/C17H26.2CH3.Zr/c1-17(2,14-8-4-5-9-14)16-12-11-13-7-3-6-10-15(13)16;;;/h3,6-7,10,13-16H,4-5,8-9,11-12H2,1-2H3;2*1H3;/q;2*-1;+4. The van der Waals surface area contributed by atoms with Crippen molar-refractivity contribution in [3.63, 3.8) is 0 Å². The van der Waals surface area contributed by atoms with Crippen LogP contribution >= 0.6 is 0 Å². The second-order valence-electron chi connectivity index (χ2n) is 7.00. The average Bonchev–Trinajstić information content (AvgIpc) is 2.99. The third-order valence-corrected chi connectivity index (χ3v) is 5.94. The minimum absolute atomic E-state index is 0. The predicted molar refractivity (Wildman–Crippen MR) is 86.6 cm³/mol. The Morgan fingerprint density at radius 1 is 0.850 bits per heavy atom. The minimum Gasteiger partial charge on any atom is -0.358 e. The van der Waals surface area contributed by atoms with Crippen LogP contribution in [0.4, 0.5) is 0 Å². The van der Waals surface area contributed by atoms with Gasteiger partial charge in [0.25, 0.3) is 0 Å². The van der Waals surface area contributed by atoms with Gasteiger partial charge < -0.3 is 14.9 Å². The van der Waals surface area contributed by atoms with E-state index in [1.165, 1.54) is 38.5 Å². The number of allylic oxidation sites excluding steroid dienone is 4. The van der Waals surface area contributed by atoms with Crippen molar-refractivity contribution in [1.82, 2.24) is 0 Å². The zero-order valence-electron chi connectivity index (χ0n) is 13.9. The molecule has 0 aromatic rings. The number of hydrogen-bond acceptors (Lipinski definition) is 0. The van der Waals surface area contributed by atoms with Gasteiger partial charge in [0.05, 0.1) is 0 Å². The van der Waals surface area contributed by atoms with Gasteiger partial charge in [-0.2, -0.15) is 0 Å². The maximum Gasteiger partial charge on any atom is 4.00 e. The molecule has 0 nitrogen and oxygen atoms in total. The van der Waals surface area contributed by atoms with E-state index in [1.807, 2.05) is 0 Å². The fourth-order valence-corrected chi connectivity index (χ4v) is 4.80. The fourth-order valence-electron chi connectivity index (χ4n) is 4.80. The molecule has 3 aliphatic carbocycles. The topological polar surface area (TPSA) is 0 Å². The van der Waals surface area contributed by atoms with Crippen LogP contribution in [0.15, 0.2) is 24.3 Å². The Kier molecular flexibility index (Phi) is 8.26. The van der Waals surface area contributed by atoms with Crippen LogP contribution in [-0.4, -0.2) is 0 Å². The second-order valence-corrected chi connectivity index (χ2v) is 7.00. The molecule has 3 atom stereocenters. The summed E-state index contributed by atoms with van der Waals surface area (Å²) in [6, 6.07) is 0. The summed E-state index contributed by atoms with van der Waals surface area (Å²) in [7, 11) is 0. The van der Waals surface area contributed by atoms with Crippen molar-refractivity contribution >= 4 is 0 Å². The normalized spacial score (nSPS) is 32.0. The molecule has 0 radical (unpaired) electrons. The van der Waals surface area contributed by atoms with Gasteiger partial charge in [0, 0.05) is 0 Å². The van der Waals surface area contributed by atoms with Crippen LogP contribution < -0.4 is 0 Å². The molecule has 0 saturated heterocycles. The first-order chi connectivity index (χ1) is 8.19. The summed E-state index contributed by atoms with van der Waals surface area (Å²) in [6.07, 6.45) is 18.3. The number of rotatable bonds is 2. The third kappa shape index (κ3) is 3.57. The zero-order valence-corrected chi connectivity index (χ0v) is 16.3. The van der Waals surface area contributed by atoms with Gasteiger partial charge >= 0.3 is 26.2 Å². The Labute approximate surface area is 146 Å². The molecule has 3 aliphatic rings. The van der Waals surface area contributed by atoms with Crippen LogP contribution in [0.3, 0.4) is 0 Å². The van der Waals surface area contributed by atoms with E-state index in [0.29, 0.717) is 5.41 Å². The molecule has 110 valence electrons. The van der Waals surface area contributed by atoms with Crippen molar-refractivity contribution in [3.05, 3.63) is 39.2 Å². The first-order valence-electron chi connectivity index (χ1n) is 7.54. The SMILES string of the molecule is CC(C)(C1CCCC1)C1CCC2C=CC=CC21.[CH3-].[CH3-].[Zr+4]. The molecule has 0 N–H and O–H groups in total. The van der Waals surface area contributed by atoms with Gasteiger partial charge in [-0.1, -0.05) is 51.0 Å². The molecule has 0 aromatic carbocycles. The van der Waals surface area contributed by atoms with Crippen molar-refractivity contribution in [2.24, 2.45) is 29.1 Å². The molecular formula is C19H32Zr+2. The van der Waals surface area contributed by atoms with Crippen LogP contribution in [0.2, 0.25) is 0 Å². The summed E-state index contributed by atoms with van der Waals surface area (Å²) in [5.41, 5.74) is 0.561. The molecule has 1 heteroatoms. The largest absolute Gasteiger partial charge is 4.00 e. The molecule has 2 saturated carbocycles. The van der Waals surface area contributed by atoms with Gasteiger partial charge in [-0.05, 0) is 54.8 Å². The van der Waals surface area contributed by atoms with Gasteiger partial charge in [0.1, 0.15) is 0 Å². The number of fused-ring (bicyclic) bond motifs is 1. The van der Waals surface area contributed by atoms with Crippen molar-refractivity contribution in [2.45, 2.75) is 52.4 Å². The molecule has 3 rings (SSSR count). The maximum absolute atomic E-state index is 2.56. The molecule has 2 fully saturated rings. The van der Waals surface area contributed by atoms with Crippen molar-refractivity contribution in [1.29, 1.82) is 0 Å². The van der Waals surface area contributed by atoms with E-state index < -0.39 is 0 Å². The van der Waals surface area contributed by atoms with E-state index in [2.05, 4.69) is 38.2 Å². The summed E-state index contributed by atoms with van der Waals surface area (Å²) >= 11 is 0. The summed E-state index contributed by atoms with van der Waals surface area (Å²) in [4.78, 5) is 0. The van der Waals surface area contributed by atoms with Crippen LogP contribution in [0.1, 0.15) is 52.4 Å². The molecular weight excluding hydrogens is 319 g/mol. The van der Waals surface area contributed by atoms with Gasteiger partial charge in [-0.3, -0.25) is 0 Å². The summed E-state index contributed by atoms with van der Waals surface area (Å²) < 4.78 is 0. The Bertz CT molecular complexity index is 334. The first-order valence-corrected chi connectivity index (χ1v) is 7.54. The smallest absolute Gasteiger partial charge is 0.358 e. The second kappa shape index (κ2) is 8.12. The summed E-state index contributed by atoms with van der Waals surface area (Å²) in [6.45, 7) is 5.12. The predicted octanol–water partition coefficient (Wildman–Crippen LogP) is 5.87. The van der Waals surface area contributed by atoms with Gasteiger partial charge in [0.2, 0.25) is 0 Å². The van der Waals surface area contributed by atoms with E-state index in [1.54, 1.807) is 0 Å². The van der Waals surface area contributed by atoms with Crippen LogP contribution in [0.25, 0.3) is 0 Å². The quantitative estimate of drug-likeness (QED) is 0.546. The summed E-state index contributed by atoms with van der Waals surface area (Å²) in [5.74, 6) is 3.61. The van der Waals surface area contributed by atoms with Crippen molar-refractivity contribution < 1.29 is 26.2 Å². The molecule has 0 aliphatic heterocycles. The third-order valence-electron chi connectivity index (χ3n) is 5.94. The van der Waals surface area contributed by atoms with E-state index in [9.17, 15) is 0 Å². The fraction of sp³-hybridized carbons (Fsp3) is 0.684. The molecule has 0 bridgehead atoms.